The monoisotopic (exact) mass is 299 g/mol. The van der Waals surface area contributed by atoms with E-state index in [0.717, 1.165) is 18.6 Å². The number of likely N-dealkylation sites (tertiary alicyclic amines) is 1. The molecule has 1 aromatic carbocycles. The van der Waals surface area contributed by atoms with Gasteiger partial charge in [0, 0.05) is 17.6 Å². The zero-order valence-electron chi connectivity index (χ0n) is 13.8. The van der Waals surface area contributed by atoms with Crippen molar-refractivity contribution >= 4 is 16.8 Å². The summed E-state index contributed by atoms with van der Waals surface area (Å²) in [6, 6.07) is 4.37. The smallest absolute Gasteiger partial charge is 0.234 e. The standard InChI is InChI=1S/C18H25N3O/c1-12-8-15(18-16(9-12)13(2)14(3)20-18)10-19-17(22)11-21-6-4-5-7-21/h8-9,20H,4-7,10-11H2,1-3H3,(H,19,22). The summed E-state index contributed by atoms with van der Waals surface area (Å²) in [5.74, 6) is 0.122. The van der Waals surface area contributed by atoms with Crippen LogP contribution >= 0.6 is 0 Å². The first-order valence-electron chi connectivity index (χ1n) is 8.12. The SMILES string of the molecule is Cc1cc(CNC(=O)CN2CCCC2)c2[nH]c(C)c(C)c2c1. The van der Waals surface area contributed by atoms with Gasteiger partial charge in [-0.25, -0.2) is 0 Å². The van der Waals surface area contributed by atoms with E-state index >= 15 is 0 Å². The highest BCUT2D eigenvalue weighted by Crippen LogP contribution is 2.25. The molecule has 1 fully saturated rings. The molecule has 0 bridgehead atoms. The van der Waals surface area contributed by atoms with Crippen LogP contribution in [0.2, 0.25) is 0 Å². The van der Waals surface area contributed by atoms with Crippen molar-refractivity contribution in [2.24, 2.45) is 0 Å². The average molecular weight is 299 g/mol. The number of aryl methyl sites for hydroxylation is 3. The molecule has 2 N–H and O–H groups in total. The van der Waals surface area contributed by atoms with E-state index in [2.05, 4.69) is 48.1 Å². The number of hydrogen-bond donors (Lipinski definition) is 2. The largest absolute Gasteiger partial charge is 0.358 e. The van der Waals surface area contributed by atoms with Gasteiger partial charge in [0.25, 0.3) is 0 Å². The molecule has 118 valence electrons. The Balaban J connectivity index is 1.73. The first kappa shape index (κ1) is 15.1. The van der Waals surface area contributed by atoms with Gasteiger partial charge in [0.1, 0.15) is 0 Å². The van der Waals surface area contributed by atoms with E-state index < -0.39 is 0 Å². The number of rotatable bonds is 4. The van der Waals surface area contributed by atoms with Crippen LogP contribution in [-0.2, 0) is 11.3 Å². The van der Waals surface area contributed by atoms with Gasteiger partial charge >= 0.3 is 0 Å². The number of carbonyl (C=O) groups is 1. The molecule has 0 aliphatic carbocycles. The van der Waals surface area contributed by atoms with Gasteiger partial charge in [0.2, 0.25) is 5.91 Å². The molecule has 4 heteroatoms. The zero-order chi connectivity index (χ0) is 15.7. The predicted octanol–water partition coefficient (Wildman–Crippen LogP) is 2.81. The van der Waals surface area contributed by atoms with Crippen molar-refractivity contribution in [3.63, 3.8) is 0 Å². The van der Waals surface area contributed by atoms with E-state index in [9.17, 15) is 4.79 Å². The molecular weight excluding hydrogens is 274 g/mol. The first-order chi connectivity index (χ1) is 10.5. The number of aromatic nitrogens is 1. The van der Waals surface area contributed by atoms with Crippen molar-refractivity contribution in [1.82, 2.24) is 15.2 Å². The van der Waals surface area contributed by atoms with Crippen LogP contribution in [0.15, 0.2) is 12.1 Å². The Labute approximate surface area is 131 Å². The van der Waals surface area contributed by atoms with Crippen LogP contribution in [-0.4, -0.2) is 35.4 Å². The molecule has 0 spiro atoms. The van der Waals surface area contributed by atoms with Gasteiger partial charge in [-0.15, -0.1) is 0 Å². The molecule has 4 nitrogen and oxygen atoms in total. The van der Waals surface area contributed by atoms with E-state index in [0.29, 0.717) is 13.1 Å². The Morgan fingerprint density at radius 3 is 2.68 bits per heavy atom. The number of nitrogens with one attached hydrogen (secondary N) is 2. The number of carbonyl (C=O) groups excluding carboxylic acids is 1. The fraction of sp³-hybridized carbons (Fsp3) is 0.500. The van der Waals surface area contributed by atoms with E-state index in [4.69, 9.17) is 0 Å². The summed E-state index contributed by atoms with van der Waals surface area (Å²) in [5, 5.41) is 4.34. The third kappa shape index (κ3) is 3.02. The lowest BCUT2D eigenvalue weighted by molar-refractivity contribution is -0.122. The van der Waals surface area contributed by atoms with E-state index in [1.165, 1.54) is 40.6 Å². The normalized spacial score (nSPS) is 15.6. The second-order valence-electron chi connectivity index (χ2n) is 6.48. The molecule has 0 atom stereocenters. The van der Waals surface area contributed by atoms with Crippen LogP contribution in [0.4, 0.5) is 0 Å². The summed E-state index contributed by atoms with van der Waals surface area (Å²) in [5.41, 5.74) is 6.05. The number of aromatic amines is 1. The maximum absolute atomic E-state index is 12.1. The quantitative estimate of drug-likeness (QED) is 0.912. The number of nitrogens with zero attached hydrogens (tertiary/aromatic N) is 1. The second kappa shape index (κ2) is 6.13. The number of hydrogen-bond acceptors (Lipinski definition) is 2. The summed E-state index contributed by atoms with van der Waals surface area (Å²) >= 11 is 0. The Bertz CT molecular complexity index is 696. The molecule has 1 aliphatic rings. The summed E-state index contributed by atoms with van der Waals surface area (Å²) < 4.78 is 0. The van der Waals surface area contributed by atoms with Crippen LogP contribution in [0, 0.1) is 20.8 Å². The van der Waals surface area contributed by atoms with Crippen LogP contribution in [0.25, 0.3) is 10.9 Å². The molecule has 1 aliphatic heterocycles. The number of benzene rings is 1. The van der Waals surface area contributed by atoms with E-state index in [1.54, 1.807) is 0 Å². The molecule has 3 rings (SSSR count). The first-order valence-corrected chi connectivity index (χ1v) is 8.12. The lowest BCUT2D eigenvalue weighted by atomic mass is 10.0. The topological polar surface area (TPSA) is 48.1 Å². The lowest BCUT2D eigenvalue weighted by Crippen LogP contribution is -2.35. The van der Waals surface area contributed by atoms with Gasteiger partial charge in [0.15, 0.2) is 0 Å². The molecule has 2 aromatic rings. The maximum atomic E-state index is 12.1. The van der Waals surface area contributed by atoms with Gasteiger partial charge < -0.3 is 10.3 Å². The van der Waals surface area contributed by atoms with Crippen molar-refractivity contribution in [2.75, 3.05) is 19.6 Å². The third-order valence-electron chi connectivity index (χ3n) is 4.69. The van der Waals surface area contributed by atoms with Crippen LogP contribution in [0.3, 0.4) is 0 Å². The Kier molecular flexibility index (Phi) is 4.21. The second-order valence-corrected chi connectivity index (χ2v) is 6.48. The number of fused-ring (bicyclic) bond motifs is 1. The zero-order valence-corrected chi connectivity index (χ0v) is 13.8. The Hall–Kier alpha value is -1.81. The molecule has 1 aromatic heterocycles. The van der Waals surface area contributed by atoms with E-state index in [1.807, 2.05) is 0 Å². The van der Waals surface area contributed by atoms with Gasteiger partial charge in [0.05, 0.1) is 12.1 Å². The van der Waals surface area contributed by atoms with Gasteiger partial charge in [-0.05, 0) is 63.9 Å². The molecule has 2 heterocycles. The van der Waals surface area contributed by atoms with Crippen LogP contribution < -0.4 is 5.32 Å². The fourth-order valence-electron chi connectivity index (χ4n) is 3.32. The molecule has 0 saturated carbocycles. The average Bonchev–Trinajstić information content (AvgIpc) is 3.07. The summed E-state index contributed by atoms with van der Waals surface area (Å²) in [6.07, 6.45) is 2.43. The fourth-order valence-corrected chi connectivity index (χ4v) is 3.32. The molecule has 0 unspecified atom stereocenters. The van der Waals surface area contributed by atoms with Crippen LogP contribution in [0.1, 0.15) is 35.2 Å². The van der Waals surface area contributed by atoms with E-state index in [-0.39, 0.29) is 5.91 Å². The maximum Gasteiger partial charge on any atom is 0.234 e. The van der Waals surface area contributed by atoms with Gasteiger partial charge in [-0.3, -0.25) is 9.69 Å². The van der Waals surface area contributed by atoms with Crippen molar-refractivity contribution in [1.29, 1.82) is 0 Å². The Morgan fingerprint density at radius 1 is 1.23 bits per heavy atom. The molecule has 1 amide bonds. The molecule has 22 heavy (non-hydrogen) atoms. The molecular formula is C18H25N3O. The summed E-state index contributed by atoms with van der Waals surface area (Å²) in [4.78, 5) is 17.8. The lowest BCUT2D eigenvalue weighted by Gasteiger charge is -2.14. The van der Waals surface area contributed by atoms with Crippen molar-refractivity contribution < 1.29 is 4.79 Å². The Morgan fingerprint density at radius 2 is 1.95 bits per heavy atom. The van der Waals surface area contributed by atoms with Crippen molar-refractivity contribution in [2.45, 2.75) is 40.2 Å². The molecule has 0 radical (unpaired) electrons. The van der Waals surface area contributed by atoms with Crippen molar-refractivity contribution in [3.05, 3.63) is 34.5 Å². The van der Waals surface area contributed by atoms with Gasteiger partial charge in [-0.2, -0.15) is 0 Å². The number of H-pyrrole nitrogens is 1. The highest BCUT2D eigenvalue weighted by molar-refractivity contribution is 5.88. The minimum Gasteiger partial charge on any atom is -0.358 e. The highest BCUT2D eigenvalue weighted by Gasteiger charge is 2.15. The minimum absolute atomic E-state index is 0.122. The summed E-state index contributed by atoms with van der Waals surface area (Å²) in [7, 11) is 0. The van der Waals surface area contributed by atoms with Crippen molar-refractivity contribution in [3.8, 4) is 0 Å². The minimum atomic E-state index is 0.122. The number of amides is 1. The highest BCUT2D eigenvalue weighted by atomic mass is 16.2. The third-order valence-corrected chi connectivity index (χ3v) is 4.69. The molecule has 1 saturated heterocycles. The van der Waals surface area contributed by atoms with Crippen LogP contribution in [0.5, 0.6) is 0 Å². The van der Waals surface area contributed by atoms with Gasteiger partial charge in [-0.1, -0.05) is 11.6 Å². The predicted molar refractivity (Wildman–Crippen MR) is 90.0 cm³/mol. The summed E-state index contributed by atoms with van der Waals surface area (Å²) in [6.45, 7) is 9.57.